The zero-order chi connectivity index (χ0) is 13.1. The van der Waals surface area contributed by atoms with E-state index in [2.05, 4.69) is 59.9 Å². The number of rotatable bonds is 3. The summed E-state index contributed by atoms with van der Waals surface area (Å²) in [6.45, 7) is 0. The Morgan fingerprint density at radius 1 is 1.06 bits per heavy atom. The van der Waals surface area contributed by atoms with Crippen molar-refractivity contribution < 1.29 is 4.39 Å². The lowest BCUT2D eigenvalue weighted by Crippen LogP contribution is -1.96. The molecule has 0 radical (unpaired) electrons. The van der Waals surface area contributed by atoms with Gasteiger partial charge in [0.1, 0.15) is 5.82 Å². The molecule has 1 unspecified atom stereocenters. The third-order valence-electron chi connectivity index (χ3n) is 2.61. The summed E-state index contributed by atoms with van der Waals surface area (Å²) in [6.07, 6.45) is 0.820. The molecule has 0 aliphatic heterocycles. The summed E-state index contributed by atoms with van der Waals surface area (Å²) >= 11 is 10.2. The van der Waals surface area contributed by atoms with Crippen LogP contribution in [0.15, 0.2) is 51.4 Å². The van der Waals surface area contributed by atoms with Gasteiger partial charge in [-0.3, -0.25) is 0 Å². The van der Waals surface area contributed by atoms with Gasteiger partial charge in [-0.15, -0.1) is 0 Å². The average Bonchev–Trinajstić information content (AvgIpc) is 2.32. The first-order valence-corrected chi connectivity index (χ1v) is 7.90. The molecular weight excluding hydrogens is 427 g/mol. The van der Waals surface area contributed by atoms with Crippen LogP contribution in [0.5, 0.6) is 0 Å². The molecule has 1 atom stereocenters. The number of alkyl halides is 1. The van der Waals surface area contributed by atoms with Crippen molar-refractivity contribution in [2.75, 3.05) is 0 Å². The fourth-order valence-electron chi connectivity index (χ4n) is 1.70. The highest BCUT2D eigenvalue weighted by Gasteiger charge is 2.11. The van der Waals surface area contributed by atoms with Gasteiger partial charge >= 0.3 is 0 Å². The Balaban J connectivity index is 2.16. The third kappa shape index (κ3) is 3.65. The minimum absolute atomic E-state index is 0.106. The van der Waals surface area contributed by atoms with E-state index in [1.54, 1.807) is 12.1 Å². The third-order valence-corrected chi connectivity index (χ3v) is 4.60. The fourth-order valence-corrected chi connectivity index (χ4v) is 3.05. The maximum absolute atomic E-state index is 13.5. The molecule has 2 aromatic rings. The van der Waals surface area contributed by atoms with E-state index in [9.17, 15) is 4.39 Å². The second-order valence-corrected chi connectivity index (χ2v) is 6.85. The summed E-state index contributed by atoms with van der Waals surface area (Å²) in [6, 6.07) is 13.3. The van der Waals surface area contributed by atoms with Crippen LogP contribution in [-0.2, 0) is 6.42 Å². The van der Waals surface area contributed by atoms with Crippen LogP contribution in [0.25, 0.3) is 0 Å². The summed E-state index contributed by atoms with van der Waals surface area (Å²) in [7, 11) is 0. The summed E-state index contributed by atoms with van der Waals surface area (Å²) in [5, 5.41) is 0. The molecule has 2 rings (SSSR count). The Labute approximate surface area is 131 Å². The lowest BCUT2D eigenvalue weighted by atomic mass is 10.0. The number of benzene rings is 2. The Hall–Kier alpha value is -0.190. The SMILES string of the molecule is Fc1cc(C(Br)Cc2cccc(Br)c2)ccc1Br. The second-order valence-electron chi connectivity index (χ2n) is 3.98. The molecule has 2 aromatic carbocycles. The highest BCUT2D eigenvalue weighted by Crippen LogP contribution is 2.30. The van der Waals surface area contributed by atoms with Crippen LogP contribution in [0.2, 0.25) is 0 Å². The molecule has 4 heteroatoms. The van der Waals surface area contributed by atoms with Gasteiger partial charge in [-0.2, -0.15) is 0 Å². The minimum Gasteiger partial charge on any atom is -0.206 e. The molecule has 18 heavy (non-hydrogen) atoms. The van der Waals surface area contributed by atoms with Crippen molar-refractivity contribution in [3.63, 3.8) is 0 Å². The van der Waals surface area contributed by atoms with Crippen molar-refractivity contribution in [2.24, 2.45) is 0 Å². The van der Waals surface area contributed by atoms with Crippen molar-refractivity contribution in [3.05, 3.63) is 68.4 Å². The summed E-state index contributed by atoms with van der Waals surface area (Å²) in [5.74, 6) is -0.230. The fraction of sp³-hybridized carbons (Fsp3) is 0.143. The van der Waals surface area contributed by atoms with Crippen LogP contribution in [0, 0.1) is 5.82 Å². The molecule has 0 N–H and O–H groups in total. The van der Waals surface area contributed by atoms with E-state index in [4.69, 9.17) is 0 Å². The number of halogens is 4. The quantitative estimate of drug-likeness (QED) is 0.515. The van der Waals surface area contributed by atoms with E-state index >= 15 is 0 Å². The molecule has 0 heterocycles. The van der Waals surface area contributed by atoms with Gasteiger partial charge in [0.05, 0.1) is 4.47 Å². The molecule has 0 aromatic heterocycles. The standard InChI is InChI=1S/C14H10Br3F/c15-11-3-1-2-9(6-11)7-13(17)10-4-5-12(16)14(18)8-10/h1-6,8,13H,7H2. The van der Waals surface area contributed by atoms with Gasteiger partial charge in [-0.05, 0) is 57.7 Å². The van der Waals surface area contributed by atoms with Crippen LogP contribution in [0.4, 0.5) is 4.39 Å². The maximum Gasteiger partial charge on any atom is 0.137 e. The zero-order valence-corrected chi connectivity index (χ0v) is 14.1. The van der Waals surface area contributed by atoms with Crippen LogP contribution in [-0.4, -0.2) is 0 Å². The molecule has 0 spiro atoms. The van der Waals surface area contributed by atoms with Crippen molar-refractivity contribution in [1.82, 2.24) is 0 Å². The Kier molecular flexibility index (Phi) is 4.98. The second kappa shape index (κ2) is 6.31. The molecular formula is C14H10Br3F. The first kappa shape index (κ1) is 14.2. The number of hydrogen-bond acceptors (Lipinski definition) is 0. The van der Waals surface area contributed by atoms with Crippen LogP contribution in [0.1, 0.15) is 16.0 Å². The van der Waals surface area contributed by atoms with Gasteiger partial charge in [-0.25, -0.2) is 4.39 Å². The number of hydrogen-bond donors (Lipinski definition) is 0. The van der Waals surface area contributed by atoms with Gasteiger partial charge in [0.15, 0.2) is 0 Å². The summed E-state index contributed by atoms with van der Waals surface area (Å²) in [4.78, 5) is 0.106. The zero-order valence-electron chi connectivity index (χ0n) is 9.34. The van der Waals surface area contributed by atoms with E-state index < -0.39 is 0 Å². The van der Waals surface area contributed by atoms with Gasteiger partial charge in [0, 0.05) is 9.30 Å². The van der Waals surface area contributed by atoms with Crippen LogP contribution < -0.4 is 0 Å². The predicted octanol–water partition coefficient (Wildman–Crippen LogP) is 6.03. The first-order chi connectivity index (χ1) is 8.56. The molecule has 0 saturated heterocycles. The van der Waals surface area contributed by atoms with E-state index in [0.717, 1.165) is 16.5 Å². The van der Waals surface area contributed by atoms with Gasteiger partial charge < -0.3 is 0 Å². The van der Waals surface area contributed by atoms with Crippen molar-refractivity contribution in [3.8, 4) is 0 Å². The molecule has 0 amide bonds. The van der Waals surface area contributed by atoms with Gasteiger partial charge in [0.25, 0.3) is 0 Å². The van der Waals surface area contributed by atoms with E-state index in [1.807, 2.05) is 18.2 Å². The lowest BCUT2D eigenvalue weighted by molar-refractivity contribution is 0.618. The molecule has 0 nitrogen and oxygen atoms in total. The van der Waals surface area contributed by atoms with E-state index in [-0.39, 0.29) is 10.6 Å². The first-order valence-electron chi connectivity index (χ1n) is 5.40. The van der Waals surface area contributed by atoms with Gasteiger partial charge in [0.2, 0.25) is 0 Å². The molecule has 0 saturated carbocycles. The normalized spacial score (nSPS) is 12.4. The Bertz CT molecular complexity index is 554. The van der Waals surface area contributed by atoms with Crippen LogP contribution >= 0.6 is 47.8 Å². The molecule has 0 aliphatic carbocycles. The molecule has 94 valence electrons. The molecule has 0 bridgehead atoms. The Morgan fingerprint density at radius 3 is 2.50 bits per heavy atom. The molecule has 0 aliphatic rings. The van der Waals surface area contributed by atoms with E-state index in [0.29, 0.717) is 4.47 Å². The predicted molar refractivity (Wildman–Crippen MR) is 83.6 cm³/mol. The largest absolute Gasteiger partial charge is 0.206 e. The van der Waals surface area contributed by atoms with Crippen molar-refractivity contribution in [1.29, 1.82) is 0 Å². The highest BCUT2D eigenvalue weighted by atomic mass is 79.9. The maximum atomic E-state index is 13.5. The minimum atomic E-state index is -0.230. The Morgan fingerprint density at radius 2 is 1.83 bits per heavy atom. The highest BCUT2D eigenvalue weighted by molar-refractivity contribution is 9.10. The molecule has 0 fully saturated rings. The monoisotopic (exact) mass is 434 g/mol. The topological polar surface area (TPSA) is 0 Å². The lowest BCUT2D eigenvalue weighted by Gasteiger charge is -2.11. The van der Waals surface area contributed by atoms with Crippen LogP contribution in [0.3, 0.4) is 0 Å². The summed E-state index contributed by atoms with van der Waals surface area (Å²) < 4.78 is 15.0. The summed E-state index contributed by atoms with van der Waals surface area (Å²) in [5.41, 5.74) is 2.14. The smallest absolute Gasteiger partial charge is 0.137 e. The van der Waals surface area contributed by atoms with Crippen molar-refractivity contribution in [2.45, 2.75) is 11.2 Å². The van der Waals surface area contributed by atoms with Gasteiger partial charge in [-0.1, -0.05) is 50.1 Å². The van der Waals surface area contributed by atoms with E-state index in [1.165, 1.54) is 5.56 Å². The average molecular weight is 437 g/mol. The van der Waals surface area contributed by atoms with Crippen molar-refractivity contribution >= 4 is 47.8 Å².